The Morgan fingerprint density at radius 3 is 2.25 bits per heavy atom. The lowest BCUT2D eigenvalue weighted by Crippen LogP contribution is -2.55. The predicted octanol–water partition coefficient (Wildman–Crippen LogP) is 6.65. The average Bonchev–Trinajstić information content (AvgIpc) is 3.24. The third kappa shape index (κ3) is 3.10. The Hall–Kier alpha value is -3.51. The maximum atomic E-state index is 14.5. The van der Waals surface area contributed by atoms with Crippen molar-refractivity contribution in [3.63, 3.8) is 0 Å². The second-order valence-electron chi connectivity index (χ2n) is 10.3. The summed E-state index contributed by atoms with van der Waals surface area (Å²) in [7, 11) is 0. The Morgan fingerprint density at radius 2 is 1.56 bits per heavy atom. The highest BCUT2D eigenvalue weighted by molar-refractivity contribution is 8.03. The molecule has 36 heavy (non-hydrogen) atoms. The smallest absolute Gasteiger partial charge is 0.269 e. The van der Waals surface area contributed by atoms with Gasteiger partial charge in [0.1, 0.15) is 11.5 Å². The summed E-state index contributed by atoms with van der Waals surface area (Å²) < 4.78 is 5.96. The second-order valence-corrected chi connectivity index (χ2v) is 11.9. The molecule has 3 aliphatic heterocycles. The standard InChI is InChI=1S/C30H28N2O3S/c1-18-15-24-19(2)17-29(4,5)32-26(24)25(16-18)30(28(32)34)31(27(33)20(3)36-30)21-11-13-23(14-12-21)35-22-9-7-6-8-10-22/h6-17,20H,1-5H3/t20-,30-/m1/s1. The SMILES string of the molecule is CC1=CC(C)(C)N2C(=O)[C@]3(S[C@H](C)C(=O)N3c3ccc(Oc4ccccc4)cc3)c3cc(C)cc1c32. The lowest BCUT2D eigenvalue weighted by molar-refractivity contribution is -0.124. The number of thioether (sulfide) groups is 1. The molecule has 1 saturated heterocycles. The van der Waals surface area contributed by atoms with Crippen LogP contribution in [0.4, 0.5) is 11.4 Å². The van der Waals surface area contributed by atoms with Crippen LogP contribution in [0, 0.1) is 6.92 Å². The molecule has 3 aromatic carbocycles. The topological polar surface area (TPSA) is 49.9 Å². The van der Waals surface area contributed by atoms with Crippen molar-refractivity contribution in [2.75, 3.05) is 9.80 Å². The van der Waals surface area contributed by atoms with E-state index < -0.39 is 10.4 Å². The van der Waals surface area contributed by atoms with E-state index in [1.165, 1.54) is 11.8 Å². The number of para-hydroxylation sites is 1. The van der Waals surface area contributed by atoms with E-state index in [-0.39, 0.29) is 17.1 Å². The number of aryl methyl sites for hydroxylation is 1. The first kappa shape index (κ1) is 22.9. The Bertz CT molecular complexity index is 1450. The van der Waals surface area contributed by atoms with Gasteiger partial charge < -0.3 is 4.74 Å². The van der Waals surface area contributed by atoms with Crippen LogP contribution in [0.15, 0.2) is 72.8 Å². The predicted molar refractivity (Wildman–Crippen MR) is 146 cm³/mol. The van der Waals surface area contributed by atoms with Crippen molar-refractivity contribution in [1.29, 1.82) is 0 Å². The zero-order valence-electron chi connectivity index (χ0n) is 21.0. The molecule has 6 rings (SSSR count). The van der Waals surface area contributed by atoms with Gasteiger partial charge >= 0.3 is 0 Å². The molecule has 0 radical (unpaired) electrons. The lowest BCUT2D eigenvalue weighted by atomic mass is 9.88. The van der Waals surface area contributed by atoms with Crippen LogP contribution in [-0.2, 0) is 14.5 Å². The van der Waals surface area contributed by atoms with Crippen LogP contribution in [0.3, 0.4) is 0 Å². The maximum Gasteiger partial charge on any atom is 0.269 e. The molecule has 2 amide bonds. The molecule has 3 aliphatic rings. The summed E-state index contributed by atoms with van der Waals surface area (Å²) >= 11 is 1.44. The molecule has 3 heterocycles. The number of rotatable bonds is 3. The Balaban J connectivity index is 1.50. The molecule has 1 fully saturated rings. The van der Waals surface area contributed by atoms with Crippen LogP contribution in [0.1, 0.15) is 44.4 Å². The van der Waals surface area contributed by atoms with E-state index in [4.69, 9.17) is 4.74 Å². The number of benzene rings is 3. The van der Waals surface area contributed by atoms with Crippen molar-refractivity contribution in [3.05, 3.63) is 89.5 Å². The molecule has 5 nitrogen and oxygen atoms in total. The number of allylic oxidation sites excluding steroid dienone is 1. The molecular formula is C30H28N2O3S. The molecule has 0 aliphatic carbocycles. The van der Waals surface area contributed by atoms with Gasteiger partial charge in [0.2, 0.25) is 10.8 Å². The zero-order valence-corrected chi connectivity index (χ0v) is 21.8. The number of amides is 2. The first-order chi connectivity index (χ1) is 17.1. The molecule has 0 saturated carbocycles. The molecule has 0 aromatic heterocycles. The summed E-state index contributed by atoms with van der Waals surface area (Å²) in [5, 5.41) is -0.358. The molecule has 2 atom stereocenters. The highest BCUT2D eigenvalue weighted by Crippen LogP contribution is 2.61. The molecule has 0 bridgehead atoms. The number of carbonyl (C=O) groups excluding carboxylic acids is 2. The molecule has 3 aromatic rings. The van der Waals surface area contributed by atoms with Gasteiger partial charge in [-0.1, -0.05) is 30.3 Å². The first-order valence-electron chi connectivity index (χ1n) is 12.2. The minimum Gasteiger partial charge on any atom is -0.457 e. The lowest BCUT2D eigenvalue weighted by Gasteiger charge is -2.40. The number of hydrogen-bond donors (Lipinski definition) is 0. The van der Waals surface area contributed by atoms with Gasteiger partial charge in [0.25, 0.3) is 5.91 Å². The van der Waals surface area contributed by atoms with E-state index in [0.29, 0.717) is 11.4 Å². The van der Waals surface area contributed by atoms with Crippen LogP contribution in [-0.4, -0.2) is 22.6 Å². The molecule has 182 valence electrons. The fraction of sp³-hybridized carbons (Fsp3) is 0.267. The normalized spacial score (nSPS) is 23.8. The third-order valence-electron chi connectivity index (χ3n) is 7.21. The van der Waals surface area contributed by atoms with Gasteiger partial charge in [-0.2, -0.15) is 0 Å². The molecule has 0 N–H and O–H groups in total. The van der Waals surface area contributed by atoms with Crippen LogP contribution in [0.2, 0.25) is 0 Å². The van der Waals surface area contributed by atoms with Gasteiger partial charge in [0, 0.05) is 16.8 Å². The highest BCUT2D eigenvalue weighted by atomic mass is 32.2. The molecule has 1 spiro atoms. The van der Waals surface area contributed by atoms with Gasteiger partial charge in [-0.15, -0.1) is 11.8 Å². The van der Waals surface area contributed by atoms with Crippen LogP contribution < -0.4 is 14.5 Å². The largest absolute Gasteiger partial charge is 0.457 e. The first-order valence-corrected chi connectivity index (χ1v) is 13.1. The van der Waals surface area contributed by atoms with Crippen molar-refractivity contribution in [1.82, 2.24) is 0 Å². The quantitative estimate of drug-likeness (QED) is 0.407. The minimum atomic E-state index is -1.15. The fourth-order valence-electron chi connectivity index (χ4n) is 5.79. The van der Waals surface area contributed by atoms with E-state index in [2.05, 4.69) is 45.9 Å². The van der Waals surface area contributed by atoms with E-state index in [0.717, 1.165) is 33.7 Å². The summed E-state index contributed by atoms with van der Waals surface area (Å²) in [4.78, 5) is 30.6. The summed E-state index contributed by atoms with van der Waals surface area (Å²) in [5.74, 6) is 1.28. The van der Waals surface area contributed by atoms with Crippen molar-refractivity contribution >= 4 is 40.5 Å². The second kappa shape index (κ2) is 7.74. The summed E-state index contributed by atoms with van der Waals surface area (Å²) in [6, 6.07) is 21.3. The monoisotopic (exact) mass is 496 g/mol. The average molecular weight is 497 g/mol. The Kier molecular flexibility index (Phi) is 4.93. The zero-order chi connectivity index (χ0) is 25.4. The number of anilines is 2. The number of ether oxygens (including phenoxy) is 1. The number of fused-ring (bicyclic) bond motifs is 1. The van der Waals surface area contributed by atoms with Gasteiger partial charge in [-0.3, -0.25) is 19.4 Å². The minimum absolute atomic E-state index is 0.0644. The van der Waals surface area contributed by atoms with Crippen molar-refractivity contribution < 1.29 is 14.3 Å². The number of hydrogen-bond acceptors (Lipinski definition) is 4. The van der Waals surface area contributed by atoms with Crippen LogP contribution in [0.5, 0.6) is 11.5 Å². The third-order valence-corrected chi connectivity index (χ3v) is 8.68. The van der Waals surface area contributed by atoms with Gasteiger partial charge in [0.05, 0.1) is 16.5 Å². The van der Waals surface area contributed by atoms with E-state index >= 15 is 0 Å². The van der Waals surface area contributed by atoms with Gasteiger partial charge in [-0.05, 0) is 88.2 Å². The molecular weight excluding hydrogens is 468 g/mol. The molecule has 0 unspecified atom stereocenters. The van der Waals surface area contributed by atoms with Gasteiger partial charge in [0.15, 0.2) is 0 Å². The number of carbonyl (C=O) groups is 2. The van der Waals surface area contributed by atoms with Crippen LogP contribution in [0.25, 0.3) is 5.57 Å². The summed E-state index contributed by atoms with van der Waals surface area (Å²) in [5.41, 5.74) is 5.30. The maximum absolute atomic E-state index is 14.5. The van der Waals surface area contributed by atoms with Crippen molar-refractivity contribution in [2.45, 2.75) is 50.3 Å². The Labute approximate surface area is 215 Å². The number of nitrogens with zero attached hydrogens (tertiary/aromatic N) is 2. The van der Waals surface area contributed by atoms with E-state index in [1.807, 2.05) is 66.4 Å². The Morgan fingerprint density at radius 1 is 0.889 bits per heavy atom. The summed E-state index contributed by atoms with van der Waals surface area (Å²) in [6.07, 6.45) is 2.15. The van der Waals surface area contributed by atoms with Crippen molar-refractivity contribution in [2.24, 2.45) is 0 Å². The van der Waals surface area contributed by atoms with E-state index in [9.17, 15) is 9.59 Å². The fourth-order valence-corrected chi connectivity index (χ4v) is 7.29. The van der Waals surface area contributed by atoms with Gasteiger partial charge in [-0.25, -0.2) is 0 Å². The highest BCUT2D eigenvalue weighted by Gasteiger charge is 2.65. The van der Waals surface area contributed by atoms with Crippen LogP contribution >= 0.6 is 11.8 Å². The molecule has 6 heteroatoms. The summed E-state index contributed by atoms with van der Waals surface area (Å²) in [6.45, 7) is 10.2. The van der Waals surface area contributed by atoms with E-state index in [1.54, 1.807) is 4.90 Å². The van der Waals surface area contributed by atoms with Crippen molar-refractivity contribution in [3.8, 4) is 11.5 Å².